The van der Waals surface area contributed by atoms with Gasteiger partial charge in [-0.25, -0.2) is 0 Å². The Morgan fingerprint density at radius 2 is 1.96 bits per heavy atom. The van der Waals surface area contributed by atoms with E-state index >= 15 is 0 Å². The first-order valence-corrected chi connectivity index (χ1v) is 9.84. The van der Waals surface area contributed by atoms with E-state index in [1.807, 2.05) is 38.1 Å². The molecule has 0 N–H and O–H groups in total. The SMILES string of the molecule is C=CCc1ccccc1O/C(COCCCCC)=C1\C=CC=CC1.CC. The minimum absolute atomic E-state index is 0.514. The quantitative estimate of drug-likeness (QED) is 0.261. The summed E-state index contributed by atoms with van der Waals surface area (Å²) >= 11 is 0. The first kappa shape index (κ1) is 22.0. The Labute approximate surface area is 159 Å². The fourth-order valence-electron chi connectivity index (χ4n) is 2.59. The van der Waals surface area contributed by atoms with E-state index in [1.54, 1.807) is 0 Å². The van der Waals surface area contributed by atoms with Crippen LogP contribution < -0.4 is 4.74 Å². The molecule has 1 aromatic rings. The molecule has 0 amide bonds. The summed E-state index contributed by atoms with van der Waals surface area (Å²) in [5, 5.41) is 0. The molecule has 2 heteroatoms. The molecule has 0 aromatic heterocycles. The molecule has 0 saturated carbocycles. The Bertz CT molecular complexity index is 608. The predicted molar refractivity (Wildman–Crippen MR) is 113 cm³/mol. The highest BCUT2D eigenvalue weighted by Gasteiger charge is 2.11. The van der Waals surface area contributed by atoms with E-state index in [-0.39, 0.29) is 0 Å². The summed E-state index contributed by atoms with van der Waals surface area (Å²) in [6.45, 7) is 11.3. The van der Waals surface area contributed by atoms with Gasteiger partial charge >= 0.3 is 0 Å². The van der Waals surface area contributed by atoms with Gasteiger partial charge in [-0.2, -0.15) is 0 Å². The van der Waals surface area contributed by atoms with Crippen molar-refractivity contribution in [2.75, 3.05) is 13.2 Å². The first-order valence-electron chi connectivity index (χ1n) is 9.84. The van der Waals surface area contributed by atoms with Crippen LogP contribution in [-0.4, -0.2) is 13.2 Å². The number of allylic oxidation sites excluding steroid dienone is 6. The molecule has 0 atom stereocenters. The summed E-state index contributed by atoms with van der Waals surface area (Å²) in [5.74, 6) is 1.80. The third kappa shape index (κ3) is 7.88. The number of benzene rings is 1. The summed E-state index contributed by atoms with van der Waals surface area (Å²) in [6, 6.07) is 8.13. The van der Waals surface area contributed by atoms with Crippen molar-refractivity contribution in [1.82, 2.24) is 0 Å². The fraction of sp³-hybridized carbons (Fsp3) is 0.417. The molecule has 0 saturated heterocycles. The molecule has 1 aliphatic carbocycles. The van der Waals surface area contributed by atoms with Crippen molar-refractivity contribution in [3.63, 3.8) is 0 Å². The molecule has 142 valence electrons. The van der Waals surface area contributed by atoms with Crippen molar-refractivity contribution in [3.05, 3.63) is 78.1 Å². The second-order valence-electron chi connectivity index (χ2n) is 5.90. The van der Waals surface area contributed by atoms with E-state index in [0.29, 0.717) is 6.61 Å². The topological polar surface area (TPSA) is 18.5 Å². The molecule has 0 bridgehead atoms. The normalized spacial score (nSPS) is 14.4. The first-order chi connectivity index (χ1) is 12.8. The van der Waals surface area contributed by atoms with Crippen molar-refractivity contribution in [2.45, 2.75) is 52.9 Å². The van der Waals surface area contributed by atoms with Crippen LogP contribution in [0.1, 0.15) is 52.0 Å². The monoisotopic (exact) mass is 354 g/mol. The maximum absolute atomic E-state index is 6.27. The summed E-state index contributed by atoms with van der Waals surface area (Å²) < 4.78 is 12.1. The number of rotatable bonds is 10. The van der Waals surface area contributed by atoms with Crippen LogP contribution in [0, 0.1) is 0 Å². The van der Waals surface area contributed by atoms with E-state index in [1.165, 1.54) is 18.4 Å². The molecule has 1 aliphatic rings. The predicted octanol–water partition coefficient (Wildman–Crippen LogP) is 6.80. The highest BCUT2D eigenvalue weighted by Crippen LogP contribution is 2.25. The Morgan fingerprint density at radius 3 is 2.65 bits per heavy atom. The Kier molecular flexibility index (Phi) is 12.0. The molecule has 0 unspecified atom stereocenters. The average molecular weight is 355 g/mol. The van der Waals surface area contributed by atoms with Crippen LogP contribution in [0.5, 0.6) is 5.75 Å². The third-order valence-corrected chi connectivity index (χ3v) is 3.94. The molecular weight excluding hydrogens is 320 g/mol. The van der Waals surface area contributed by atoms with Crippen LogP contribution in [0.2, 0.25) is 0 Å². The molecule has 0 heterocycles. The van der Waals surface area contributed by atoms with Gasteiger partial charge in [0.15, 0.2) is 0 Å². The van der Waals surface area contributed by atoms with Crippen molar-refractivity contribution < 1.29 is 9.47 Å². The third-order valence-electron chi connectivity index (χ3n) is 3.94. The van der Waals surface area contributed by atoms with Crippen LogP contribution in [0.15, 0.2) is 72.6 Å². The van der Waals surface area contributed by atoms with Crippen molar-refractivity contribution in [1.29, 1.82) is 0 Å². The lowest BCUT2D eigenvalue weighted by Crippen LogP contribution is -2.10. The van der Waals surface area contributed by atoms with Gasteiger partial charge in [0, 0.05) is 6.61 Å². The maximum atomic E-state index is 6.27. The maximum Gasteiger partial charge on any atom is 0.133 e. The molecule has 0 radical (unpaired) electrons. The van der Waals surface area contributed by atoms with E-state index < -0.39 is 0 Å². The number of ether oxygens (including phenoxy) is 2. The molecule has 2 rings (SSSR count). The van der Waals surface area contributed by atoms with Gasteiger partial charge in [-0.1, -0.05) is 82.2 Å². The van der Waals surface area contributed by atoms with Gasteiger partial charge < -0.3 is 9.47 Å². The molecule has 0 spiro atoms. The number of unbranched alkanes of at least 4 members (excludes halogenated alkanes) is 2. The van der Waals surface area contributed by atoms with E-state index in [0.717, 1.165) is 42.9 Å². The Hall–Kier alpha value is -2.06. The standard InChI is InChI=1S/C22H28O2.C2H6/c1-3-5-11-17-23-18-22(20-13-7-6-8-14-20)24-21-16-10-9-15-19(21)12-4-2;1-2/h4,6-10,13,15-16H,2-3,5,11-12,14,17-18H2,1H3;1-2H3/b22-20+;. The van der Waals surface area contributed by atoms with Crippen molar-refractivity contribution >= 4 is 0 Å². The highest BCUT2D eigenvalue weighted by molar-refractivity contribution is 5.39. The Morgan fingerprint density at radius 1 is 1.15 bits per heavy atom. The largest absolute Gasteiger partial charge is 0.459 e. The van der Waals surface area contributed by atoms with E-state index in [9.17, 15) is 0 Å². The number of para-hydroxylation sites is 1. The van der Waals surface area contributed by atoms with Gasteiger partial charge in [0.2, 0.25) is 0 Å². The summed E-state index contributed by atoms with van der Waals surface area (Å²) in [6.07, 6.45) is 15.5. The average Bonchev–Trinajstić information content (AvgIpc) is 2.70. The summed E-state index contributed by atoms with van der Waals surface area (Å²) in [5.41, 5.74) is 2.33. The van der Waals surface area contributed by atoms with Gasteiger partial charge in [0.05, 0.1) is 0 Å². The van der Waals surface area contributed by atoms with Crippen LogP contribution in [-0.2, 0) is 11.2 Å². The van der Waals surface area contributed by atoms with E-state index in [2.05, 4.69) is 43.9 Å². The lowest BCUT2D eigenvalue weighted by atomic mass is 10.1. The zero-order valence-corrected chi connectivity index (χ0v) is 16.7. The molecular formula is C24H34O2. The van der Waals surface area contributed by atoms with Gasteiger partial charge in [-0.15, -0.1) is 6.58 Å². The molecule has 26 heavy (non-hydrogen) atoms. The smallest absolute Gasteiger partial charge is 0.133 e. The molecule has 2 nitrogen and oxygen atoms in total. The Balaban J connectivity index is 0.00000163. The fourth-order valence-corrected chi connectivity index (χ4v) is 2.59. The van der Waals surface area contributed by atoms with Gasteiger partial charge in [0.25, 0.3) is 0 Å². The second-order valence-corrected chi connectivity index (χ2v) is 5.90. The van der Waals surface area contributed by atoms with Gasteiger partial charge in [-0.3, -0.25) is 0 Å². The second kappa shape index (κ2) is 14.1. The van der Waals surface area contributed by atoms with Crippen molar-refractivity contribution in [2.24, 2.45) is 0 Å². The highest BCUT2D eigenvalue weighted by atomic mass is 16.5. The molecule has 1 aromatic carbocycles. The van der Waals surface area contributed by atoms with Crippen LogP contribution >= 0.6 is 0 Å². The van der Waals surface area contributed by atoms with Crippen LogP contribution in [0.4, 0.5) is 0 Å². The number of hydrogen-bond donors (Lipinski definition) is 0. The summed E-state index contributed by atoms with van der Waals surface area (Å²) in [4.78, 5) is 0. The van der Waals surface area contributed by atoms with Gasteiger partial charge in [-0.05, 0) is 36.5 Å². The lowest BCUT2D eigenvalue weighted by molar-refractivity contribution is 0.127. The lowest BCUT2D eigenvalue weighted by Gasteiger charge is -2.17. The van der Waals surface area contributed by atoms with Crippen LogP contribution in [0.25, 0.3) is 0 Å². The zero-order chi connectivity index (χ0) is 19.0. The van der Waals surface area contributed by atoms with Crippen molar-refractivity contribution in [3.8, 4) is 5.75 Å². The minimum atomic E-state index is 0.514. The molecule has 0 fully saturated rings. The molecule has 0 aliphatic heterocycles. The minimum Gasteiger partial charge on any atom is -0.459 e. The summed E-state index contributed by atoms with van der Waals surface area (Å²) in [7, 11) is 0. The van der Waals surface area contributed by atoms with Gasteiger partial charge in [0.1, 0.15) is 18.1 Å². The zero-order valence-electron chi connectivity index (χ0n) is 16.7. The van der Waals surface area contributed by atoms with Crippen LogP contribution in [0.3, 0.4) is 0 Å². The van der Waals surface area contributed by atoms with E-state index in [4.69, 9.17) is 9.47 Å². The number of hydrogen-bond acceptors (Lipinski definition) is 2.